The van der Waals surface area contributed by atoms with Crippen molar-refractivity contribution in [2.75, 3.05) is 12.0 Å². The van der Waals surface area contributed by atoms with E-state index in [1.807, 2.05) is 0 Å². The van der Waals surface area contributed by atoms with Gasteiger partial charge in [-0.1, -0.05) is 27.7 Å². The number of hydrogen-bond donors (Lipinski definition) is 3. The molecule has 0 spiro atoms. The summed E-state index contributed by atoms with van der Waals surface area (Å²) in [7, 11) is 0. The third-order valence-corrected chi connectivity index (χ3v) is 3.02. The zero-order valence-corrected chi connectivity index (χ0v) is 11.0. The first-order chi connectivity index (χ1) is 8.00. The molecule has 3 N–H and O–H groups in total. The molecule has 0 radical (unpaired) electrons. The van der Waals surface area contributed by atoms with Gasteiger partial charge in [0, 0.05) is 5.69 Å². The highest BCUT2D eigenvalue weighted by atomic mass is 16.3. The minimum atomic E-state index is 0.161. The normalized spacial score (nSPS) is 14.8. The van der Waals surface area contributed by atoms with Gasteiger partial charge in [0.1, 0.15) is 12.5 Å². The first-order valence-electron chi connectivity index (χ1n) is 6.23. The van der Waals surface area contributed by atoms with Crippen LogP contribution in [0, 0.1) is 5.92 Å². The number of nitrogens with one attached hydrogen (secondary N) is 2. The number of rotatable bonds is 3. The third kappa shape index (κ3) is 2.16. The van der Waals surface area contributed by atoms with E-state index in [1.165, 1.54) is 11.3 Å². The average molecular weight is 235 g/mol. The van der Waals surface area contributed by atoms with Crippen LogP contribution in [0.3, 0.4) is 0 Å². The van der Waals surface area contributed by atoms with Crippen LogP contribution in [0.25, 0.3) is 0 Å². The number of nitrogens with zero attached hydrogens (tertiary/aromatic N) is 1. The lowest BCUT2D eigenvalue weighted by atomic mass is 9.94. The molecule has 0 saturated carbocycles. The Kier molecular flexibility index (Phi) is 3.13. The summed E-state index contributed by atoms with van der Waals surface area (Å²) in [5.74, 6) is 2.04. The summed E-state index contributed by atoms with van der Waals surface area (Å²) in [6.07, 6.45) is 0.996. The van der Waals surface area contributed by atoms with Crippen molar-refractivity contribution < 1.29 is 5.11 Å². The lowest BCUT2D eigenvalue weighted by Crippen LogP contribution is -2.15. The maximum Gasteiger partial charge on any atom is 0.219 e. The number of aliphatic imine (C=N–C) groups is 1. The van der Waals surface area contributed by atoms with E-state index in [0.717, 1.165) is 17.8 Å². The SMILES string of the molecule is CC(C)Cc1[nH]c2c(c1C(C)C)C(O)=NCN2. The van der Waals surface area contributed by atoms with Gasteiger partial charge in [-0.05, 0) is 23.8 Å². The number of H-pyrrole nitrogens is 1. The molecular formula is C13H21N3O. The van der Waals surface area contributed by atoms with Crippen LogP contribution in [0.15, 0.2) is 4.99 Å². The van der Waals surface area contributed by atoms with E-state index in [4.69, 9.17) is 0 Å². The summed E-state index contributed by atoms with van der Waals surface area (Å²) in [6.45, 7) is 9.14. The van der Waals surface area contributed by atoms with Crippen molar-refractivity contribution in [3.05, 3.63) is 16.8 Å². The topological polar surface area (TPSA) is 60.4 Å². The highest BCUT2D eigenvalue weighted by Crippen LogP contribution is 2.32. The van der Waals surface area contributed by atoms with Gasteiger partial charge in [-0.15, -0.1) is 0 Å². The summed E-state index contributed by atoms with van der Waals surface area (Å²) in [5.41, 5.74) is 3.28. The number of hydrogen-bond acceptors (Lipinski definition) is 2. The monoisotopic (exact) mass is 235 g/mol. The number of fused-ring (bicyclic) bond motifs is 1. The Morgan fingerprint density at radius 3 is 2.59 bits per heavy atom. The molecule has 0 saturated heterocycles. The molecule has 4 nitrogen and oxygen atoms in total. The standard InChI is InChI=1S/C13H21N3O/c1-7(2)5-9-10(8(3)4)11-12(16-9)14-6-15-13(11)17/h7-8,14,16H,5-6H2,1-4H3,(H,15,17). The second kappa shape index (κ2) is 4.43. The van der Waals surface area contributed by atoms with Gasteiger partial charge < -0.3 is 15.4 Å². The Morgan fingerprint density at radius 1 is 1.29 bits per heavy atom. The van der Waals surface area contributed by atoms with Crippen molar-refractivity contribution in [1.29, 1.82) is 0 Å². The fourth-order valence-electron chi connectivity index (χ4n) is 2.41. The van der Waals surface area contributed by atoms with Gasteiger partial charge in [0.25, 0.3) is 0 Å². The van der Waals surface area contributed by atoms with Gasteiger partial charge in [0.05, 0.1) is 5.56 Å². The maximum absolute atomic E-state index is 9.93. The fourth-order valence-corrected chi connectivity index (χ4v) is 2.41. The van der Waals surface area contributed by atoms with E-state index in [0.29, 0.717) is 18.5 Å². The highest BCUT2D eigenvalue weighted by molar-refractivity contribution is 6.01. The fraction of sp³-hybridized carbons (Fsp3) is 0.615. The molecule has 0 aliphatic carbocycles. The maximum atomic E-state index is 9.93. The molecule has 4 heteroatoms. The zero-order valence-electron chi connectivity index (χ0n) is 11.0. The molecule has 0 atom stereocenters. The molecule has 1 aliphatic rings. The molecule has 1 aromatic heterocycles. The molecule has 17 heavy (non-hydrogen) atoms. The number of anilines is 1. The molecule has 2 heterocycles. The lowest BCUT2D eigenvalue weighted by molar-refractivity contribution is 0.547. The third-order valence-electron chi connectivity index (χ3n) is 3.02. The summed E-state index contributed by atoms with van der Waals surface area (Å²) in [4.78, 5) is 7.44. The molecule has 0 bridgehead atoms. The first-order valence-corrected chi connectivity index (χ1v) is 6.23. The van der Waals surface area contributed by atoms with Crippen LogP contribution < -0.4 is 5.32 Å². The summed E-state index contributed by atoms with van der Waals surface area (Å²) < 4.78 is 0. The molecule has 1 aliphatic heterocycles. The van der Waals surface area contributed by atoms with Gasteiger partial charge in [0.2, 0.25) is 5.90 Å². The lowest BCUT2D eigenvalue weighted by Gasteiger charge is -2.14. The van der Waals surface area contributed by atoms with Crippen molar-refractivity contribution in [2.24, 2.45) is 10.9 Å². The van der Waals surface area contributed by atoms with E-state index in [2.05, 4.69) is 43.0 Å². The van der Waals surface area contributed by atoms with Crippen LogP contribution >= 0.6 is 0 Å². The summed E-state index contributed by atoms with van der Waals surface area (Å²) in [6, 6.07) is 0. The molecule has 1 aromatic rings. The molecule has 2 rings (SSSR count). The Labute approximate surface area is 102 Å². The van der Waals surface area contributed by atoms with E-state index in [9.17, 15) is 5.11 Å². The van der Waals surface area contributed by atoms with Crippen LogP contribution in [0.4, 0.5) is 5.82 Å². The number of aliphatic hydroxyl groups is 1. The summed E-state index contributed by atoms with van der Waals surface area (Å²) in [5, 5.41) is 13.1. The number of aromatic amines is 1. The second-order valence-electron chi connectivity index (χ2n) is 5.34. The number of aromatic nitrogens is 1. The van der Waals surface area contributed by atoms with Crippen LogP contribution in [0.1, 0.15) is 50.4 Å². The van der Waals surface area contributed by atoms with E-state index < -0.39 is 0 Å². The van der Waals surface area contributed by atoms with Gasteiger partial charge in [-0.25, -0.2) is 4.99 Å². The molecule has 0 fully saturated rings. The largest absolute Gasteiger partial charge is 0.493 e. The highest BCUT2D eigenvalue weighted by Gasteiger charge is 2.25. The molecule has 0 amide bonds. The summed E-state index contributed by atoms with van der Waals surface area (Å²) >= 11 is 0. The van der Waals surface area contributed by atoms with E-state index in [1.54, 1.807) is 0 Å². The number of aliphatic hydroxyl groups excluding tert-OH is 1. The minimum absolute atomic E-state index is 0.161. The Hall–Kier alpha value is -1.45. The van der Waals surface area contributed by atoms with Gasteiger partial charge >= 0.3 is 0 Å². The van der Waals surface area contributed by atoms with Gasteiger partial charge in [-0.2, -0.15) is 0 Å². The first kappa shape index (κ1) is 12.0. The Balaban J connectivity index is 2.51. The predicted molar refractivity (Wildman–Crippen MR) is 71.1 cm³/mol. The van der Waals surface area contributed by atoms with Gasteiger partial charge in [0.15, 0.2) is 0 Å². The van der Waals surface area contributed by atoms with Gasteiger partial charge in [-0.3, -0.25) is 0 Å². The molecule has 94 valence electrons. The smallest absolute Gasteiger partial charge is 0.219 e. The Bertz CT molecular complexity index is 444. The van der Waals surface area contributed by atoms with Crippen molar-refractivity contribution in [3.63, 3.8) is 0 Å². The molecule has 0 unspecified atom stereocenters. The molecular weight excluding hydrogens is 214 g/mol. The van der Waals surface area contributed by atoms with Crippen LogP contribution in [-0.4, -0.2) is 22.7 Å². The van der Waals surface area contributed by atoms with E-state index >= 15 is 0 Å². The van der Waals surface area contributed by atoms with Crippen molar-refractivity contribution in [2.45, 2.75) is 40.0 Å². The van der Waals surface area contributed by atoms with Crippen molar-refractivity contribution in [1.82, 2.24) is 4.98 Å². The predicted octanol–water partition coefficient (Wildman–Crippen LogP) is 3.02. The minimum Gasteiger partial charge on any atom is -0.493 e. The Morgan fingerprint density at radius 2 is 2.00 bits per heavy atom. The average Bonchev–Trinajstić information content (AvgIpc) is 2.56. The zero-order chi connectivity index (χ0) is 12.6. The van der Waals surface area contributed by atoms with Crippen LogP contribution in [0.2, 0.25) is 0 Å². The molecule has 0 aromatic carbocycles. The second-order valence-corrected chi connectivity index (χ2v) is 5.34. The van der Waals surface area contributed by atoms with Crippen molar-refractivity contribution in [3.8, 4) is 0 Å². The quantitative estimate of drug-likeness (QED) is 0.754. The van der Waals surface area contributed by atoms with Crippen LogP contribution in [0.5, 0.6) is 0 Å². The van der Waals surface area contributed by atoms with E-state index in [-0.39, 0.29) is 5.90 Å². The van der Waals surface area contributed by atoms with Crippen molar-refractivity contribution >= 4 is 11.7 Å². The van der Waals surface area contributed by atoms with Crippen LogP contribution in [-0.2, 0) is 6.42 Å².